The summed E-state index contributed by atoms with van der Waals surface area (Å²) in [6.45, 7) is 9.77. The Kier molecular flexibility index (Phi) is 4.54. The van der Waals surface area contributed by atoms with Crippen LogP contribution in [0.1, 0.15) is 32.0 Å². The molecule has 1 aromatic heterocycles. The molecule has 0 atom stereocenters. The van der Waals surface area contributed by atoms with Crippen LogP contribution in [-0.2, 0) is 0 Å². The molecule has 1 N–H and O–H groups in total. The average Bonchev–Trinajstić information content (AvgIpc) is 2.31. The molecule has 0 amide bonds. The monoisotopic (exact) mass is 246 g/mol. The van der Waals surface area contributed by atoms with Gasteiger partial charge in [-0.3, -0.25) is 4.98 Å². The van der Waals surface area contributed by atoms with E-state index in [4.69, 9.17) is 0 Å². The number of anilines is 1. The number of aryl methyl sites for hydroxylation is 2. The molecule has 0 radical (unpaired) electrons. The summed E-state index contributed by atoms with van der Waals surface area (Å²) in [5.74, 6) is 0.322. The lowest BCUT2D eigenvalue weighted by Crippen LogP contribution is -2.16. The number of pyridine rings is 1. The molecule has 1 aromatic rings. The summed E-state index contributed by atoms with van der Waals surface area (Å²) in [4.78, 5) is 6.32. The van der Waals surface area contributed by atoms with E-state index in [-0.39, 0.29) is 0 Å². The first-order chi connectivity index (χ1) is 8.32. The molecular weight excluding hydrogens is 224 g/mol. The molecule has 98 valence electrons. The first-order valence-electron chi connectivity index (χ1n) is 6.04. The van der Waals surface area contributed by atoms with Crippen molar-refractivity contribution in [3.8, 4) is 0 Å². The summed E-state index contributed by atoms with van der Waals surface area (Å²) in [6, 6.07) is 2.05. The van der Waals surface area contributed by atoms with Crippen molar-refractivity contribution in [3.05, 3.63) is 46.6 Å². The Morgan fingerprint density at radius 3 is 2.44 bits per heavy atom. The predicted molar refractivity (Wildman–Crippen MR) is 76.9 cm³/mol. The minimum Gasteiger partial charge on any atom is -0.508 e. The van der Waals surface area contributed by atoms with Crippen molar-refractivity contribution in [2.24, 2.45) is 0 Å². The van der Waals surface area contributed by atoms with Crippen molar-refractivity contribution in [2.45, 2.75) is 34.6 Å². The third-order valence-corrected chi connectivity index (χ3v) is 2.96. The molecule has 0 aromatic carbocycles. The second-order valence-corrected chi connectivity index (χ2v) is 4.84. The van der Waals surface area contributed by atoms with Gasteiger partial charge in [0.2, 0.25) is 0 Å². The smallest absolute Gasteiger partial charge is 0.115 e. The molecule has 3 heteroatoms. The fraction of sp³-hybridized carbons (Fsp3) is 0.400. The molecule has 18 heavy (non-hydrogen) atoms. The van der Waals surface area contributed by atoms with Gasteiger partial charge in [0.05, 0.1) is 0 Å². The number of nitrogens with zero attached hydrogens (tertiary/aromatic N) is 2. The Morgan fingerprint density at radius 2 is 1.89 bits per heavy atom. The van der Waals surface area contributed by atoms with Crippen molar-refractivity contribution in [1.82, 2.24) is 4.98 Å². The molecule has 0 aliphatic carbocycles. The second-order valence-electron chi connectivity index (χ2n) is 4.84. The fourth-order valence-corrected chi connectivity index (χ4v) is 1.60. The topological polar surface area (TPSA) is 36.4 Å². The number of aromatic nitrogens is 1. The Bertz CT molecular complexity index is 497. The van der Waals surface area contributed by atoms with Gasteiger partial charge in [-0.2, -0.15) is 0 Å². The highest BCUT2D eigenvalue weighted by molar-refractivity contribution is 5.56. The number of aliphatic hydroxyl groups is 1. The van der Waals surface area contributed by atoms with Crippen LogP contribution < -0.4 is 4.90 Å². The SMILES string of the molecule is CC(C)=C(O)/C=C(/C)N(C)c1cc(C)ncc1C. The molecule has 0 saturated carbocycles. The van der Waals surface area contributed by atoms with Crippen LogP contribution in [0.25, 0.3) is 0 Å². The molecule has 1 heterocycles. The summed E-state index contributed by atoms with van der Waals surface area (Å²) in [6.07, 6.45) is 3.65. The van der Waals surface area contributed by atoms with E-state index in [0.29, 0.717) is 5.76 Å². The number of rotatable bonds is 3. The van der Waals surface area contributed by atoms with Crippen LogP contribution in [0.4, 0.5) is 5.69 Å². The van der Waals surface area contributed by atoms with Crippen molar-refractivity contribution in [1.29, 1.82) is 0 Å². The van der Waals surface area contributed by atoms with Gasteiger partial charge < -0.3 is 10.0 Å². The summed E-state index contributed by atoms with van der Waals surface area (Å²) in [5.41, 5.74) is 5.11. The Morgan fingerprint density at radius 1 is 1.28 bits per heavy atom. The molecule has 3 nitrogen and oxygen atoms in total. The van der Waals surface area contributed by atoms with E-state index in [1.54, 1.807) is 6.08 Å². The highest BCUT2D eigenvalue weighted by atomic mass is 16.3. The number of allylic oxidation sites excluding steroid dienone is 3. The molecule has 0 bridgehead atoms. The molecule has 0 spiro atoms. The van der Waals surface area contributed by atoms with Gasteiger partial charge >= 0.3 is 0 Å². The second kappa shape index (κ2) is 5.71. The van der Waals surface area contributed by atoms with Crippen LogP contribution in [0.15, 0.2) is 35.4 Å². The highest BCUT2D eigenvalue weighted by Gasteiger charge is 2.07. The van der Waals surface area contributed by atoms with Crippen molar-refractivity contribution in [3.63, 3.8) is 0 Å². The normalized spacial score (nSPS) is 11.3. The Labute approximate surface area is 109 Å². The van der Waals surface area contributed by atoms with E-state index in [0.717, 1.165) is 28.2 Å². The molecule has 0 unspecified atom stereocenters. The van der Waals surface area contributed by atoms with E-state index < -0.39 is 0 Å². The van der Waals surface area contributed by atoms with Gasteiger partial charge in [-0.1, -0.05) is 0 Å². The summed E-state index contributed by atoms with van der Waals surface area (Å²) < 4.78 is 0. The summed E-state index contributed by atoms with van der Waals surface area (Å²) >= 11 is 0. The molecule has 0 saturated heterocycles. The van der Waals surface area contributed by atoms with Gasteiger partial charge in [0.15, 0.2) is 0 Å². The fourth-order valence-electron chi connectivity index (χ4n) is 1.60. The third-order valence-electron chi connectivity index (χ3n) is 2.96. The lowest BCUT2D eigenvalue weighted by Gasteiger charge is -2.22. The molecule has 0 aliphatic heterocycles. The number of aliphatic hydroxyl groups excluding tert-OH is 1. The zero-order valence-corrected chi connectivity index (χ0v) is 12.1. The van der Waals surface area contributed by atoms with Gasteiger partial charge in [-0.15, -0.1) is 0 Å². The highest BCUT2D eigenvalue weighted by Crippen LogP contribution is 2.22. The Balaban J connectivity index is 3.11. The van der Waals surface area contributed by atoms with E-state index in [1.807, 2.05) is 53.9 Å². The van der Waals surface area contributed by atoms with Gasteiger partial charge in [0.1, 0.15) is 5.76 Å². The van der Waals surface area contributed by atoms with Gasteiger partial charge in [0, 0.05) is 30.3 Å². The number of hydrogen-bond donors (Lipinski definition) is 1. The maximum absolute atomic E-state index is 9.78. The van der Waals surface area contributed by atoms with Gasteiger partial charge in [-0.25, -0.2) is 0 Å². The quantitative estimate of drug-likeness (QED) is 0.649. The average molecular weight is 246 g/mol. The van der Waals surface area contributed by atoms with Crippen LogP contribution >= 0.6 is 0 Å². The summed E-state index contributed by atoms with van der Waals surface area (Å²) in [7, 11) is 1.99. The zero-order valence-electron chi connectivity index (χ0n) is 12.1. The standard InChI is InChI=1S/C15H22N2O/c1-10(2)15(18)8-13(5)17(6)14-7-12(4)16-9-11(14)3/h7-9,18H,1-6H3/b13-8-. The minimum absolute atomic E-state index is 0.322. The molecule has 0 aliphatic rings. The van der Waals surface area contributed by atoms with Crippen LogP contribution in [0.5, 0.6) is 0 Å². The minimum atomic E-state index is 0.322. The number of hydrogen-bond acceptors (Lipinski definition) is 3. The van der Waals surface area contributed by atoms with E-state index >= 15 is 0 Å². The van der Waals surface area contributed by atoms with Gasteiger partial charge in [0.25, 0.3) is 0 Å². The summed E-state index contributed by atoms with van der Waals surface area (Å²) in [5, 5.41) is 9.78. The maximum atomic E-state index is 9.78. The van der Waals surface area contributed by atoms with E-state index in [1.165, 1.54) is 0 Å². The van der Waals surface area contributed by atoms with Crippen molar-refractivity contribution < 1.29 is 5.11 Å². The van der Waals surface area contributed by atoms with Crippen LogP contribution in [0.2, 0.25) is 0 Å². The Hall–Kier alpha value is -1.77. The lowest BCUT2D eigenvalue weighted by molar-refractivity contribution is 0.424. The maximum Gasteiger partial charge on any atom is 0.115 e. The van der Waals surface area contributed by atoms with Crippen LogP contribution in [-0.4, -0.2) is 17.1 Å². The molecular formula is C15H22N2O. The van der Waals surface area contributed by atoms with E-state index in [2.05, 4.69) is 9.88 Å². The molecule has 1 rings (SSSR count). The first-order valence-corrected chi connectivity index (χ1v) is 6.04. The van der Waals surface area contributed by atoms with Crippen molar-refractivity contribution in [2.75, 3.05) is 11.9 Å². The predicted octanol–water partition coefficient (Wildman–Crippen LogP) is 3.89. The largest absolute Gasteiger partial charge is 0.508 e. The first kappa shape index (κ1) is 14.3. The lowest BCUT2D eigenvalue weighted by atomic mass is 10.2. The van der Waals surface area contributed by atoms with Crippen LogP contribution in [0, 0.1) is 13.8 Å². The third kappa shape index (κ3) is 3.36. The zero-order chi connectivity index (χ0) is 13.9. The van der Waals surface area contributed by atoms with Crippen LogP contribution in [0.3, 0.4) is 0 Å². The molecule has 0 fully saturated rings. The van der Waals surface area contributed by atoms with Crippen molar-refractivity contribution >= 4 is 5.69 Å². The van der Waals surface area contributed by atoms with E-state index in [9.17, 15) is 5.11 Å². The van der Waals surface area contributed by atoms with Gasteiger partial charge in [-0.05, 0) is 57.9 Å².